The molecule has 1 saturated carbocycles. The maximum atomic E-state index is 13.3. The van der Waals surface area contributed by atoms with Crippen LogP contribution in [-0.4, -0.2) is 40.4 Å². The van der Waals surface area contributed by atoms with Crippen LogP contribution in [0.15, 0.2) is 5.10 Å². The first-order valence-corrected chi connectivity index (χ1v) is 6.55. The van der Waals surface area contributed by atoms with E-state index in [1.807, 2.05) is 6.92 Å². The molecule has 0 unspecified atom stereocenters. The summed E-state index contributed by atoms with van der Waals surface area (Å²) in [5.41, 5.74) is -3.08. The first-order chi connectivity index (χ1) is 9.21. The summed E-state index contributed by atoms with van der Waals surface area (Å²) in [7, 11) is 0. The predicted molar refractivity (Wildman–Crippen MR) is 63.8 cm³/mol. The highest BCUT2D eigenvalue weighted by Crippen LogP contribution is 2.49. The van der Waals surface area contributed by atoms with Crippen molar-refractivity contribution in [2.45, 2.75) is 45.0 Å². The van der Waals surface area contributed by atoms with Crippen molar-refractivity contribution in [1.82, 2.24) is 5.01 Å². The minimum absolute atomic E-state index is 0.0370. The predicted octanol–water partition coefficient (Wildman–Crippen LogP) is 2.50. The molecule has 0 aromatic rings. The molecule has 1 aliphatic heterocycles. The number of hydrogen-bond donors (Lipinski definition) is 1. The van der Waals surface area contributed by atoms with Gasteiger partial charge in [0.2, 0.25) is 0 Å². The molecule has 114 valence electrons. The Morgan fingerprint density at radius 3 is 2.80 bits per heavy atom. The van der Waals surface area contributed by atoms with Gasteiger partial charge < -0.3 is 9.84 Å². The van der Waals surface area contributed by atoms with Crippen molar-refractivity contribution >= 4 is 11.8 Å². The number of hydrogen-bond acceptors (Lipinski definition) is 4. The number of fused-ring (bicyclic) bond motifs is 1. The molecule has 1 fully saturated rings. The minimum Gasteiger partial charge on any atom is -0.448 e. The monoisotopic (exact) mass is 294 g/mol. The van der Waals surface area contributed by atoms with E-state index >= 15 is 0 Å². The highest BCUT2D eigenvalue weighted by molar-refractivity contribution is 5.92. The average Bonchev–Trinajstić information content (AvgIpc) is 2.64. The molecule has 0 aromatic carbocycles. The lowest BCUT2D eigenvalue weighted by Gasteiger charge is -2.38. The first kappa shape index (κ1) is 15.1. The number of rotatable bonds is 1. The molecular weight excluding hydrogens is 277 g/mol. The molecule has 0 saturated heterocycles. The number of carbonyl (C=O) groups excluding carboxylic acids is 1. The second-order valence-electron chi connectivity index (χ2n) is 5.26. The lowest BCUT2D eigenvalue weighted by atomic mass is 9.76. The fourth-order valence-electron chi connectivity index (χ4n) is 2.78. The van der Waals surface area contributed by atoms with Crippen LogP contribution in [0.2, 0.25) is 0 Å². The molecule has 2 aliphatic rings. The molecule has 0 bridgehead atoms. The lowest BCUT2D eigenvalue weighted by molar-refractivity contribution is -0.315. The van der Waals surface area contributed by atoms with Gasteiger partial charge in [-0.25, -0.2) is 4.79 Å². The third-order valence-electron chi connectivity index (χ3n) is 3.83. The molecule has 1 N–H and O–H groups in total. The highest BCUT2D eigenvalue weighted by atomic mass is 19.4. The van der Waals surface area contributed by atoms with Crippen molar-refractivity contribution in [2.75, 3.05) is 6.61 Å². The van der Waals surface area contributed by atoms with Gasteiger partial charge in [0.1, 0.15) is 0 Å². The number of ether oxygens (including phenoxy) is 1. The van der Waals surface area contributed by atoms with E-state index in [1.165, 1.54) is 6.92 Å². The summed E-state index contributed by atoms with van der Waals surface area (Å²) in [4.78, 5) is 11.7. The van der Waals surface area contributed by atoms with Crippen molar-refractivity contribution in [3.8, 4) is 0 Å². The molecule has 8 heteroatoms. The van der Waals surface area contributed by atoms with Crippen molar-refractivity contribution in [3.63, 3.8) is 0 Å². The third kappa shape index (κ3) is 2.15. The van der Waals surface area contributed by atoms with Gasteiger partial charge in [0.25, 0.3) is 5.72 Å². The van der Waals surface area contributed by atoms with Gasteiger partial charge in [-0.15, -0.1) is 0 Å². The smallest absolute Gasteiger partial charge is 0.439 e. The number of alkyl halides is 3. The third-order valence-corrected chi connectivity index (χ3v) is 3.83. The van der Waals surface area contributed by atoms with Crippen molar-refractivity contribution < 1.29 is 27.8 Å². The average molecular weight is 294 g/mol. The Balaban J connectivity index is 2.40. The van der Waals surface area contributed by atoms with Crippen molar-refractivity contribution in [2.24, 2.45) is 16.9 Å². The SMILES string of the molecule is CCOC(=O)N1N=C2CC[C@H](C)C[C@@H]2[C@@]1(O)C(F)(F)F. The van der Waals surface area contributed by atoms with Crippen LogP contribution in [0.3, 0.4) is 0 Å². The second-order valence-corrected chi connectivity index (χ2v) is 5.26. The molecular formula is C12H17F3N2O3. The molecule has 0 spiro atoms. The standard InChI is InChI=1S/C12H17F3N2O3/c1-3-20-10(18)17-11(19,12(13,14)15)8-6-7(2)4-5-9(8)16-17/h7-8,19H,3-6H2,1-2H3/t7-,8-,11+/m0/s1. The molecule has 1 heterocycles. The maximum Gasteiger partial charge on any atom is 0.439 e. The van der Waals surface area contributed by atoms with Crippen LogP contribution in [0.5, 0.6) is 0 Å². The molecule has 2 rings (SSSR count). The maximum absolute atomic E-state index is 13.3. The quantitative estimate of drug-likeness (QED) is 0.808. The molecule has 3 atom stereocenters. The van der Waals surface area contributed by atoms with E-state index in [9.17, 15) is 23.1 Å². The zero-order valence-electron chi connectivity index (χ0n) is 11.3. The minimum atomic E-state index is -4.99. The summed E-state index contributed by atoms with van der Waals surface area (Å²) in [6, 6.07) is 0. The molecule has 1 aliphatic carbocycles. The summed E-state index contributed by atoms with van der Waals surface area (Å²) in [5, 5.41) is 13.9. The fourth-order valence-corrected chi connectivity index (χ4v) is 2.78. The lowest BCUT2D eigenvalue weighted by Crippen LogP contribution is -2.61. The normalized spacial score (nSPS) is 33.7. The summed E-state index contributed by atoms with van der Waals surface area (Å²) >= 11 is 0. The van der Waals surface area contributed by atoms with Gasteiger partial charge in [0.15, 0.2) is 0 Å². The van der Waals surface area contributed by atoms with E-state index < -0.39 is 23.9 Å². The Hall–Kier alpha value is -1.31. The van der Waals surface area contributed by atoms with Gasteiger partial charge in [0, 0.05) is 5.71 Å². The number of nitrogens with zero attached hydrogens (tertiary/aromatic N) is 2. The Morgan fingerprint density at radius 2 is 2.25 bits per heavy atom. The number of aliphatic hydroxyl groups is 1. The highest BCUT2D eigenvalue weighted by Gasteiger charge is 2.69. The summed E-state index contributed by atoms with van der Waals surface area (Å²) < 4.78 is 44.5. The number of carbonyl (C=O) groups is 1. The first-order valence-electron chi connectivity index (χ1n) is 6.55. The zero-order chi connectivity index (χ0) is 15.1. The molecule has 20 heavy (non-hydrogen) atoms. The Bertz CT molecular complexity index is 438. The summed E-state index contributed by atoms with van der Waals surface area (Å²) in [6.45, 7) is 3.21. The second kappa shape index (κ2) is 4.91. The van der Waals surface area contributed by atoms with Gasteiger partial charge in [-0.2, -0.15) is 23.3 Å². The summed E-state index contributed by atoms with van der Waals surface area (Å²) in [6.07, 6.45) is -5.08. The Labute approximate surface area is 114 Å². The number of amides is 1. The van der Waals surface area contributed by atoms with Crippen molar-refractivity contribution in [1.29, 1.82) is 0 Å². The fraction of sp³-hybridized carbons (Fsp3) is 0.833. The van der Waals surface area contributed by atoms with Gasteiger partial charge in [-0.3, -0.25) is 0 Å². The van der Waals surface area contributed by atoms with Crippen LogP contribution >= 0.6 is 0 Å². The Kier molecular flexibility index (Phi) is 3.70. The van der Waals surface area contributed by atoms with E-state index in [0.29, 0.717) is 12.8 Å². The van der Waals surface area contributed by atoms with E-state index in [-0.39, 0.29) is 29.7 Å². The van der Waals surface area contributed by atoms with Crippen LogP contribution < -0.4 is 0 Å². The van der Waals surface area contributed by atoms with Crippen LogP contribution in [0.25, 0.3) is 0 Å². The number of halogens is 3. The number of hydrazone groups is 1. The van der Waals surface area contributed by atoms with Gasteiger partial charge in [-0.1, -0.05) is 6.92 Å². The van der Waals surface area contributed by atoms with E-state index in [0.717, 1.165) is 0 Å². The van der Waals surface area contributed by atoms with E-state index in [4.69, 9.17) is 0 Å². The van der Waals surface area contributed by atoms with Crippen molar-refractivity contribution in [3.05, 3.63) is 0 Å². The zero-order valence-corrected chi connectivity index (χ0v) is 11.3. The van der Waals surface area contributed by atoms with Crippen LogP contribution in [0.4, 0.5) is 18.0 Å². The summed E-state index contributed by atoms with van der Waals surface area (Å²) in [5.74, 6) is -1.18. The van der Waals surface area contributed by atoms with Gasteiger partial charge in [-0.05, 0) is 32.1 Å². The van der Waals surface area contributed by atoms with E-state index in [2.05, 4.69) is 9.84 Å². The van der Waals surface area contributed by atoms with E-state index in [1.54, 1.807) is 0 Å². The molecule has 1 amide bonds. The van der Waals surface area contributed by atoms with Gasteiger partial charge in [0.05, 0.1) is 12.5 Å². The van der Waals surface area contributed by atoms with Crippen LogP contribution in [-0.2, 0) is 4.74 Å². The van der Waals surface area contributed by atoms with Crippen LogP contribution in [0, 0.1) is 11.8 Å². The Morgan fingerprint density at radius 1 is 1.60 bits per heavy atom. The largest absolute Gasteiger partial charge is 0.448 e. The topological polar surface area (TPSA) is 62.1 Å². The van der Waals surface area contributed by atoms with Gasteiger partial charge >= 0.3 is 12.3 Å². The molecule has 5 nitrogen and oxygen atoms in total. The van der Waals surface area contributed by atoms with Crippen LogP contribution in [0.1, 0.15) is 33.1 Å². The molecule has 0 radical (unpaired) electrons. The molecule has 0 aromatic heterocycles.